The van der Waals surface area contributed by atoms with Gasteiger partial charge in [-0.3, -0.25) is 4.68 Å². The molecule has 0 aromatic carbocycles. The fraction of sp³-hybridized carbons (Fsp3) is 0.429. The molecule has 0 aliphatic heterocycles. The Bertz CT molecular complexity index is 597. The number of nitrogens with zero attached hydrogens (tertiary/aromatic N) is 3. The van der Waals surface area contributed by atoms with Crippen LogP contribution in [0.5, 0.6) is 0 Å². The molecule has 0 bridgehead atoms. The van der Waals surface area contributed by atoms with Crippen LogP contribution in [0.25, 0.3) is 0 Å². The molecule has 0 amide bonds. The summed E-state index contributed by atoms with van der Waals surface area (Å²) < 4.78 is 1.85. The number of rotatable bonds is 7. The van der Waals surface area contributed by atoms with Gasteiger partial charge in [0, 0.05) is 38.4 Å². The maximum Gasteiger partial charge on any atom is 0.147 e. The van der Waals surface area contributed by atoms with Gasteiger partial charge in [-0.1, -0.05) is 30.1 Å². The van der Waals surface area contributed by atoms with Crippen LogP contribution in [0, 0.1) is 0 Å². The third-order valence-corrected chi connectivity index (χ3v) is 3.64. The van der Waals surface area contributed by atoms with Crippen LogP contribution in [0.2, 0.25) is 10.0 Å². The quantitative estimate of drug-likeness (QED) is 0.815. The summed E-state index contributed by atoms with van der Waals surface area (Å²) in [4.78, 5) is 4.44. The number of pyridine rings is 1. The molecule has 2 rings (SSSR count). The van der Waals surface area contributed by atoms with Crippen LogP contribution in [0.1, 0.15) is 19.0 Å². The summed E-state index contributed by atoms with van der Waals surface area (Å²) in [5.41, 5.74) is 1.15. The van der Waals surface area contributed by atoms with Crippen LogP contribution in [0.4, 0.5) is 11.6 Å². The van der Waals surface area contributed by atoms with Gasteiger partial charge in [-0.2, -0.15) is 5.10 Å². The highest BCUT2D eigenvalue weighted by atomic mass is 35.5. The topological polar surface area (TPSA) is 54.8 Å². The second kappa shape index (κ2) is 7.52. The molecule has 2 heterocycles. The van der Waals surface area contributed by atoms with E-state index in [4.69, 9.17) is 23.2 Å². The summed E-state index contributed by atoms with van der Waals surface area (Å²) in [5, 5.41) is 11.6. The SMILES string of the molecule is CCCNc1nc(NCCc2ccnn2C)c(Cl)cc1Cl. The molecule has 0 saturated carbocycles. The van der Waals surface area contributed by atoms with E-state index < -0.39 is 0 Å². The van der Waals surface area contributed by atoms with E-state index in [1.54, 1.807) is 12.3 Å². The van der Waals surface area contributed by atoms with Gasteiger partial charge in [-0.05, 0) is 18.6 Å². The van der Waals surface area contributed by atoms with Crippen molar-refractivity contribution >= 4 is 34.8 Å². The predicted molar refractivity (Wildman–Crippen MR) is 88.4 cm³/mol. The van der Waals surface area contributed by atoms with Crippen LogP contribution >= 0.6 is 23.2 Å². The van der Waals surface area contributed by atoms with Gasteiger partial charge >= 0.3 is 0 Å². The molecule has 0 fully saturated rings. The normalized spacial score (nSPS) is 10.7. The van der Waals surface area contributed by atoms with Crippen molar-refractivity contribution < 1.29 is 0 Å². The molecule has 114 valence electrons. The number of hydrogen-bond acceptors (Lipinski definition) is 4. The van der Waals surface area contributed by atoms with E-state index >= 15 is 0 Å². The molecule has 0 aliphatic carbocycles. The second-order valence-corrected chi connectivity index (χ2v) is 5.51. The van der Waals surface area contributed by atoms with Crippen molar-refractivity contribution in [1.29, 1.82) is 0 Å². The molecule has 0 saturated heterocycles. The van der Waals surface area contributed by atoms with Crippen molar-refractivity contribution in [3.8, 4) is 0 Å². The fourth-order valence-corrected chi connectivity index (χ4v) is 2.41. The molecule has 2 N–H and O–H groups in total. The van der Waals surface area contributed by atoms with Crippen molar-refractivity contribution in [3.63, 3.8) is 0 Å². The highest BCUT2D eigenvalue weighted by Gasteiger charge is 2.09. The number of hydrogen-bond donors (Lipinski definition) is 2. The number of anilines is 2. The molecule has 0 radical (unpaired) electrons. The standard InChI is InChI=1S/C14H19Cl2N5/c1-3-6-17-13-11(15)9-12(16)14(20-13)18-7-4-10-5-8-19-21(10)2/h5,8-9H,3-4,6-7H2,1-2H3,(H2,17,18,20). The van der Waals surface area contributed by atoms with E-state index in [1.807, 2.05) is 17.8 Å². The van der Waals surface area contributed by atoms with Gasteiger partial charge in [0.05, 0.1) is 10.0 Å². The van der Waals surface area contributed by atoms with Gasteiger partial charge in [0.15, 0.2) is 0 Å². The highest BCUT2D eigenvalue weighted by molar-refractivity contribution is 6.37. The average Bonchev–Trinajstić information content (AvgIpc) is 2.85. The van der Waals surface area contributed by atoms with Crippen LogP contribution in [-0.4, -0.2) is 27.9 Å². The number of nitrogens with one attached hydrogen (secondary N) is 2. The summed E-state index contributed by atoms with van der Waals surface area (Å²) >= 11 is 12.3. The van der Waals surface area contributed by atoms with E-state index in [0.29, 0.717) is 21.7 Å². The molecule has 0 unspecified atom stereocenters. The number of aromatic nitrogens is 3. The van der Waals surface area contributed by atoms with Crippen LogP contribution in [-0.2, 0) is 13.5 Å². The zero-order valence-corrected chi connectivity index (χ0v) is 13.7. The molecule has 5 nitrogen and oxygen atoms in total. The van der Waals surface area contributed by atoms with Crippen molar-refractivity contribution in [1.82, 2.24) is 14.8 Å². The first kappa shape index (κ1) is 15.9. The Kier molecular flexibility index (Phi) is 5.70. The van der Waals surface area contributed by atoms with Gasteiger partial charge < -0.3 is 10.6 Å². The summed E-state index contributed by atoms with van der Waals surface area (Å²) in [7, 11) is 1.93. The molecular formula is C14H19Cl2N5. The third-order valence-electron chi connectivity index (χ3n) is 3.07. The lowest BCUT2D eigenvalue weighted by atomic mass is 10.3. The van der Waals surface area contributed by atoms with Gasteiger partial charge in [0.25, 0.3) is 0 Å². The molecule has 0 aliphatic rings. The maximum atomic E-state index is 6.17. The molecule has 21 heavy (non-hydrogen) atoms. The summed E-state index contributed by atoms with van der Waals surface area (Å²) in [6, 6.07) is 3.70. The predicted octanol–water partition coefficient (Wildman–Crippen LogP) is 3.60. The lowest BCUT2D eigenvalue weighted by molar-refractivity contribution is 0.711. The van der Waals surface area contributed by atoms with Crippen LogP contribution in [0.15, 0.2) is 18.3 Å². The van der Waals surface area contributed by atoms with Gasteiger partial charge in [0.2, 0.25) is 0 Å². The van der Waals surface area contributed by atoms with E-state index in [-0.39, 0.29) is 0 Å². The van der Waals surface area contributed by atoms with Crippen LogP contribution in [0.3, 0.4) is 0 Å². The molecular weight excluding hydrogens is 309 g/mol. The minimum atomic E-state index is 0.520. The molecule has 7 heteroatoms. The van der Waals surface area contributed by atoms with E-state index in [0.717, 1.165) is 31.6 Å². The summed E-state index contributed by atoms with van der Waals surface area (Å²) in [6.45, 7) is 3.63. The third kappa shape index (κ3) is 4.25. The molecule has 0 atom stereocenters. The zero-order valence-electron chi connectivity index (χ0n) is 12.2. The highest BCUT2D eigenvalue weighted by Crippen LogP contribution is 2.29. The van der Waals surface area contributed by atoms with Gasteiger partial charge in [0.1, 0.15) is 11.6 Å². The average molecular weight is 328 g/mol. The second-order valence-electron chi connectivity index (χ2n) is 4.70. The first-order valence-corrected chi connectivity index (χ1v) is 7.68. The Morgan fingerprint density at radius 1 is 1.14 bits per heavy atom. The van der Waals surface area contributed by atoms with Gasteiger partial charge in [-0.15, -0.1) is 0 Å². The maximum absolute atomic E-state index is 6.17. The Hall–Kier alpha value is -1.46. The Morgan fingerprint density at radius 2 is 1.81 bits per heavy atom. The Morgan fingerprint density at radius 3 is 2.38 bits per heavy atom. The van der Waals surface area contributed by atoms with E-state index in [2.05, 4.69) is 27.6 Å². The minimum Gasteiger partial charge on any atom is -0.369 e. The van der Waals surface area contributed by atoms with Crippen molar-refractivity contribution in [2.75, 3.05) is 23.7 Å². The zero-order chi connectivity index (χ0) is 15.2. The molecule has 0 spiro atoms. The van der Waals surface area contributed by atoms with Crippen molar-refractivity contribution in [2.24, 2.45) is 7.05 Å². The monoisotopic (exact) mass is 327 g/mol. The van der Waals surface area contributed by atoms with Crippen molar-refractivity contribution in [2.45, 2.75) is 19.8 Å². The first-order chi connectivity index (χ1) is 10.1. The molecule has 2 aromatic heterocycles. The number of aryl methyl sites for hydroxylation is 1. The van der Waals surface area contributed by atoms with Crippen molar-refractivity contribution in [3.05, 3.63) is 34.1 Å². The van der Waals surface area contributed by atoms with E-state index in [1.165, 1.54) is 0 Å². The van der Waals surface area contributed by atoms with Crippen LogP contribution < -0.4 is 10.6 Å². The summed E-state index contributed by atoms with van der Waals surface area (Å²) in [6.07, 6.45) is 3.63. The Labute approximate surface area is 134 Å². The largest absolute Gasteiger partial charge is 0.369 e. The Balaban J connectivity index is 2.00. The summed E-state index contributed by atoms with van der Waals surface area (Å²) in [5.74, 6) is 1.30. The van der Waals surface area contributed by atoms with E-state index in [9.17, 15) is 0 Å². The first-order valence-electron chi connectivity index (χ1n) is 6.92. The lowest BCUT2D eigenvalue weighted by Gasteiger charge is -2.12. The number of halogens is 2. The van der Waals surface area contributed by atoms with Gasteiger partial charge in [-0.25, -0.2) is 4.98 Å². The molecule has 2 aromatic rings. The lowest BCUT2D eigenvalue weighted by Crippen LogP contribution is -2.11. The smallest absolute Gasteiger partial charge is 0.147 e. The fourth-order valence-electron chi connectivity index (χ4n) is 1.91. The minimum absolute atomic E-state index is 0.520.